The van der Waals surface area contributed by atoms with E-state index < -0.39 is 0 Å². The molecular formula is C18H28N2S. The van der Waals surface area contributed by atoms with Gasteiger partial charge in [0.05, 0.1) is 0 Å². The zero-order valence-corrected chi connectivity index (χ0v) is 14.2. The summed E-state index contributed by atoms with van der Waals surface area (Å²) >= 11 is 1.81. The fraction of sp³-hybridized carbons (Fsp3) is 0.556. The van der Waals surface area contributed by atoms with Crippen LogP contribution in [0, 0.1) is 0 Å². The number of aromatic amines is 1. The van der Waals surface area contributed by atoms with Crippen molar-refractivity contribution in [1.29, 1.82) is 0 Å². The first-order chi connectivity index (χ1) is 10.3. The normalized spacial score (nSPS) is 11.3. The van der Waals surface area contributed by atoms with Gasteiger partial charge >= 0.3 is 0 Å². The van der Waals surface area contributed by atoms with Gasteiger partial charge in [0, 0.05) is 22.0 Å². The van der Waals surface area contributed by atoms with Crippen molar-refractivity contribution in [2.75, 3.05) is 19.3 Å². The van der Waals surface area contributed by atoms with Gasteiger partial charge in [-0.3, -0.25) is 0 Å². The topological polar surface area (TPSA) is 27.8 Å². The van der Waals surface area contributed by atoms with Gasteiger partial charge in [-0.25, -0.2) is 0 Å². The maximum Gasteiger partial charge on any atom is 0.0457 e. The summed E-state index contributed by atoms with van der Waals surface area (Å²) in [4.78, 5) is 4.73. The number of aryl methyl sites for hydroxylation is 1. The lowest BCUT2D eigenvalue weighted by atomic mass is 10.1. The van der Waals surface area contributed by atoms with E-state index in [0.29, 0.717) is 0 Å². The van der Waals surface area contributed by atoms with Crippen molar-refractivity contribution >= 4 is 22.7 Å². The summed E-state index contributed by atoms with van der Waals surface area (Å²) in [7, 11) is 0. The molecule has 0 radical (unpaired) electrons. The molecule has 21 heavy (non-hydrogen) atoms. The highest BCUT2D eigenvalue weighted by atomic mass is 32.2. The molecule has 3 heteroatoms. The van der Waals surface area contributed by atoms with E-state index >= 15 is 0 Å². The van der Waals surface area contributed by atoms with Gasteiger partial charge < -0.3 is 10.3 Å². The molecule has 0 saturated heterocycles. The molecule has 2 aromatic rings. The Hall–Kier alpha value is -0.930. The third-order valence-corrected chi connectivity index (χ3v) is 4.71. The molecule has 1 heterocycles. The van der Waals surface area contributed by atoms with Gasteiger partial charge in [-0.1, -0.05) is 26.2 Å². The Morgan fingerprint density at radius 3 is 2.76 bits per heavy atom. The third kappa shape index (κ3) is 5.08. The van der Waals surface area contributed by atoms with Gasteiger partial charge in [0.2, 0.25) is 0 Å². The Kier molecular flexibility index (Phi) is 7.17. The third-order valence-electron chi connectivity index (χ3n) is 3.98. The van der Waals surface area contributed by atoms with Gasteiger partial charge in [0.25, 0.3) is 0 Å². The maximum absolute atomic E-state index is 3.56. The summed E-state index contributed by atoms with van der Waals surface area (Å²) in [5.41, 5.74) is 2.71. The summed E-state index contributed by atoms with van der Waals surface area (Å²) < 4.78 is 0. The number of aromatic nitrogens is 1. The molecule has 0 bridgehead atoms. The number of rotatable bonds is 10. The summed E-state index contributed by atoms with van der Waals surface area (Å²) in [5.74, 6) is 0. The maximum atomic E-state index is 3.56. The van der Waals surface area contributed by atoms with Crippen molar-refractivity contribution in [1.82, 2.24) is 10.3 Å². The highest BCUT2D eigenvalue weighted by Gasteiger charge is 2.04. The average Bonchev–Trinajstić information content (AvgIpc) is 2.92. The van der Waals surface area contributed by atoms with Gasteiger partial charge in [0.15, 0.2) is 0 Å². The molecule has 1 aromatic heterocycles. The van der Waals surface area contributed by atoms with Crippen LogP contribution in [0.2, 0.25) is 0 Å². The molecule has 0 aliphatic heterocycles. The number of hydrogen-bond acceptors (Lipinski definition) is 2. The first-order valence-electron chi connectivity index (χ1n) is 8.20. The van der Waals surface area contributed by atoms with Crippen molar-refractivity contribution < 1.29 is 0 Å². The lowest BCUT2D eigenvalue weighted by Gasteiger charge is -2.04. The van der Waals surface area contributed by atoms with Gasteiger partial charge in [-0.15, -0.1) is 11.8 Å². The predicted octanol–water partition coefficient (Wildman–Crippen LogP) is 4.99. The number of hydrogen-bond donors (Lipinski definition) is 2. The van der Waals surface area contributed by atoms with E-state index in [2.05, 4.69) is 47.9 Å². The van der Waals surface area contributed by atoms with Gasteiger partial charge in [-0.2, -0.15) is 0 Å². The van der Waals surface area contributed by atoms with E-state index in [1.165, 1.54) is 60.0 Å². The molecule has 0 saturated carbocycles. The van der Waals surface area contributed by atoms with Crippen molar-refractivity contribution in [3.8, 4) is 0 Å². The zero-order chi connectivity index (χ0) is 14.9. The zero-order valence-electron chi connectivity index (χ0n) is 13.4. The average molecular weight is 305 g/mol. The highest BCUT2D eigenvalue weighted by Crippen LogP contribution is 2.25. The quantitative estimate of drug-likeness (QED) is 0.478. The molecule has 2 rings (SSSR count). The van der Waals surface area contributed by atoms with Crippen LogP contribution in [0.25, 0.3) is 10.9 Å². The van der Waals surface area contributed by atoms with E-state index in [1.807, 2.05) is 11.8 Å². The van der Waals surface area contributed by atoms with Crippen molar-refractivity contribution in [2.45, 2.75) is 50.3 Å². The SMILES string of the molecule is CCCCCCNCCCc1c[nH]c2ccc(SC)cc12. The molecule has 0 unspecified atom stereocenters. The molecule has 116 valence electrons. The summed E-state index contributed by atoms with van der Waals surface area (Å²) in [6.07, 6.45) is 12.0. The number of thioether (sulfide) groups is 1. The number of unbranched alkanes of at least 4 members (excludes halogenated alkanes) is 3. The molecule has 0 atom stereocenters. The minimum Gasteiger partial charge on any atom is -0.361 e. The van der Waals surface area contributed by atoms with Crippen LogP contribution < -0.4 is 5.32 Å². The molecule has 0 amide bonds. The predicted molar refractivity (Wildman–Crippen MR) is 95.4 cm³/mol. The Morgan fingerprint density at radius 1 is 1.10 bits per heavy atom. The molecule has 1 aromatic carbocycles. The van der Waals surface area contributed by atoms with E-state index in [9.17, 15) is 0 Å². The molecule has 2 nitrogen and oxygen atoms in total. The molecule has 0 aliphatic carbocycles. The lowest BCUT2D eigenvalue weighted by molar-refractivity contribution is 0.586. The van der Waals surface area contributed by atoms with Crippen LogP contribution in [0.5, 0.6) is 0 Å². The lowest BCUT2D eigenvalue weighted by Crippen LogP contribution is -2.17. The van der Waals surface area contributed by atoms with Crippen LogP contribution >= 0.6 is 11.8 Å². The monoisotopic (exact) mass is 304 g/mol. The van der Waals surface area contributed by atoms with E-state index in [0.717, 1.165) is 13.0 Å². The van der Waals surface area contributed by atoms with Crippen molar-refractivity contribution in [3.05, 3.63) is 30.0 Å². The minimum atomic E-state index is 1.13. The Bertz CT molecular complexity index is 533. The second-order valence-electron chi connectivity index (χ2n) is 5.64. The summed E-state index contributed by atoms with van der Waals surface area (Å²) in [5, 5.41) is 4.96. The van der Waals surface area contributed by atoms with Crippen LogP contribution in [-0.4, -0.2) is 24.3 Å². The molecule has 0 spiro atoms. The van der Waals surface area contributed by atoms with E-state index in [4.69, 9.17) is 0 Å². The van der Waals surface area contributed by atoms with Crippen LogP contribution in [0.1, 0.15) is 44.6 Å². The largest absolute Gasteiger partial charge is 0.361 e. The molecular weight excluding hydrogens is 276 g/mol. The summed E-state index contributed by atoms with van der Waals surface area (Å²) in [6, 6.07) is 6.69. The Balaban J connectivity index is 1.73. The van der Waals surface area contributed by atoms with Crippen molar-refractivity contribution in [2.24, 2.45) is 0 Å². The standard InChI is InChI=1S/C18H28N2S/c1-3-4-5-6-11-19-12-7-8-15-14-20-18-10-9-16(21-2)13-17(15)18/h9-10,13-14,19-20H,3-8,11-12H2,1-2H3. The van der Waals surface area contributed by atoms with Crippen LogP contribution in [-0.2, 0) is 6.42 Å². The molecule has 0 fully saturated rings. The Morgan fingerprint density at radius 2 is 1.95 bits per heavy atom. The van der Waals surface area contributed by atoms with Crippen molar-refractivity contribution in [3.63, 3.8) is 0 Å². The molecule has 2 N–H and O–H groups in total. The number of nitrogens with one attached hydrogen (secondary N) is 2. The number of benzene rings is 1. The van der Waals surface area contributed by atoms with Gasteiger partial charge in [0.1, 0.15) is 0 Å². The van der Waals surface area contributed by atoms with E-state index in [1.54, 1.807) is 0 Å². The van der Waals surface area contributed by atoms with Gasteiger partial charge in [-0.05, 0) is 62.4 Å². The highest BCUT2D eigenvalue weighted by molar-refractivity contribution is 7.98. The number of fused-ring (bicyclic) bond motifs is 1. The Labute approximate surface area is 133 Å². The second-order valence-corrected chi connectivity index (χ2v) is 6.52. The smallest absolute Gasteiger partial charge is 0.0457 e. The fourth-order valence-corrected chi connectivity index (χ4v) is 3.14. The first kappa shape index (κ1) is 16.4. The first-order valence-corrected chi connectivity index (χ1v) is 9.42. The number of H-pyrrole nitrogens is 1. The van der Waals surface area contributed by atoms with Crippen LogP contribution in [0.4, 0.5) is 0 Å². The second kappa shape index (κ2) is 9.16. The van der Waals surface area contributed by atoms with Crippen LogP contribution in [0.15, 0.2) is 29.3 Å². The van der Waals surface area contributed by atoms with Crippen LogP contribution in [0.3, 0.4) is 0 Å². The minimum absolute atomic E-state index is 1.13. The summed E-state index contributed by atoms with van der Waals surface area (Å²) in [6.45, 7) is 4.56. The fourth-order valence-electron chi connectivity index (χ4n) is 2.70. The van der Waals surface area contributed by atoms with E-state index in [-0.39, 0.29) is 0 Å². The molecule has 0 aliphatic rings.